The predicted molar refractivity (Wildman–Crippen MR) is 79.7 cm³/mol. The van der Waals surface area contributed by atoms with Gasteiger partial charge in [0.05, 0.1) is 23.8 Å². The standard InChI is InChI=1S/C15H13FN2OS/c1-9-3-4-10(7-12(9)16)18-14-6-5-11(19-2)8-13(14)17-15(18)20/h3-8H,1-2H3,(H,17,20). The number of ether oxygens (including phenoxy) is 1. The van der Waals surface area contributed by atoms with E-state index in [1.165, 1.54) is 6.07 Å². The zero-order chi connectivity index (χ0) is 14.3. The summed E-state index contributed by atoms with van der Waals surface area (Å²) in [7, 11) is 1.61. The third kappa shape index (κ3) is 2.00. The van der Waals surface area contributed by atoms with Crippen LogP contribution in [0.1, 0.15) is 5.56 Å². The summed E-state index contributed by atoms with van der Waals surface area (Å²) in [6.07, 6.45) is 0. The van der Waals surface area contributed by atoms with Crippen molar-refractivity contribution in [2.75, 3.05) is 7.11 Å². The molecule has 0 amide bonds. The molecule has 0 spiro atoms. The second kappa shape index (κ2) is 4.76. The Morgan fingerprint density at radius 3 is 2.70 bits per heavy atom. The number of fused-ring (bicyclic) bond motifs is 1. The highest BCUT2D eigenvalue weighted by atomic mass is 32.1. The lowest BCUT2D eigenvalue weighted by Gasteiger charge is -2.06. The molecule has 3 rings (SSSR count). The fourth-order valence-electron chi connectivity index (χ4n) is 2.19. The van der Waals surface area contributed by atoms with Crippen LogP contribution in [-0.4, -0.2) is 16.7 Å². The SMILES string of the molecule is COc1ccc2c(c1)[nH]c(=S)n2-c1ccc(C)c(F)c1. The molecule has 0 saturated heterocycles. The van der Waals surface area contributed by atoms with Crippen molar-refractivity contribution < 1.29 is 9.13 Å². The average molecular weight is 288 g/mol. The van der Waals surface area contributed by atoms with E-state index in [2.05, 4.69) is 4.98 Å². The largest absolute Gasteiger partial charge is 0.497 e. The van der Waals surface area contributed by atoms with Gasteiger partial charge in [-0.3, -0.25) is 4.57 Å². The van der Waals surface area contributed by atoms with Crippen molar-refractivity contribution >= 4 is 23.3 Å². The molecule has 102 valence electrons. The Hall–Kier alpha value is -2.14. The van der Waals surface area contributed by atoms with E-state index in [1.54, 1.807) is 20.1 Å². The van der Waals surface area contributed by atoms with Crippen LogP contribution < -0.4 is 4.74 Å². The van der Waals surface area contributed by atoms with Crippen LogP contribution >= 0.6 is 12.2 Å². The normalized spacial score (nSPS) is 10.9. The number of aromatic nitrogens is 2. The number of methoxy groups -OCH3 is 1. The number of hydrogen-bond acceptors (Lipinski definition) is 2. The molecule has 3 aromatic rings. The van der Waals surface area contributed by atoms with Crippen LogP contribution in [0.5, 0.6) is 5.75 Å². The van der Waals surface area contributed by atoms with Crippen LogP contribution in [0.4, 0.5) is 4.39 Å². The van der Waals surface area contributed by atoms with E-state index >= 15 is 0 Å². The van der Waals surface area contributed by atoms with Crippen LogP contribution in [0.2, 0.25) is 0 Å². The molecule has 0 unspecified atom stereocenters. The van der Waals surface area contributed by atoms with Crippen LogP contribution in [-0.2, 0) is 0 Å². The molecule has 0 aliphatic rings. The van der Waals surface area contributed by atoms with Crippen LogP contribution in [0.3, 0.4) is 0 Å². The summed E-state index contributed by atoms with van der Waals surface area (Å²) < 4.78 is 21.3. The summed E-state index contributed by atoms with van der Waals surface area (Å²) in [6, 6.07) is 10.7. The molecule has 0 aliphatic heterocycles. The fourth-order valence-corrected chi connectivity index (χ4v) is 2.51. The summed E-state index contributed by atoms with van der Waals surface area (Å²) in [5.41, 5.74) is 3.06. The summed E-state index contributed by atoms with van der Waals surface area (Å²) in [6.45, 7) is 1.73. The number of aryl methyl sites for hydroxylation is 1. The maximum absolute atomic E-state index is 13.7. The van der Waals surface area contributed by atoms with Crippen molar-refractivity contribution in [1.29, 1.82) is 0 Å². The first-order valence-electron chi connectivity index (χ1n) is 6.15. The zero-order valence-electron chi connectivity index (χ0n) is 11.1. The number of hydrogen-bond donors (Lipinski definition) is 1. The van der Waals surface area contributed by atoms with E-state index in [4.69, 9.17) is 17.0 Å². The van der Waals surface area contributed by atoms with Gasteiger partial charge >= 0.3 is 0 Å². The molecule has 0 radical (unpaired) electrons. The maximum Gasteiger partial charge on any atom is 0.182 e. The summed E-state index contributed by atoms with van der Waals surface area (Å²) >= 11 is 5.33. The lowest BCUT2D eigenvalue weighted by atomic mass is 10.2. The summed E-state index contributed by atoms with van der Waals surface area (Å²) in [4.78, 5) is 3.11. The quantitative estimate of drug-likeness (QED) is 0.718. The van der Waals surface area contributed by atoms with Gasteiger partial charge in [-0.2, -0.15) is 0 Å². The van der Waals surface area contributed by atoms with Crippen molar-refractivity contribution in [3.8, 4) is 11.4 Å². The van der Waals surface area contributed by atoms with E-state index in [9.17, 15) is 4.39 Å². The van der Waals surface area contributed by atoms with Crippen molar-refractivity contribution in [2.24, 2.45) is 0 Å². The van der Waals surface area contributed by atoms with Crippen LogP contribution in [0, 0.1) is 17.5 Å². The number of H-pyrrole nitrogens is 1. The van der Waals surface area contributed by atoms with Gasteiger partial charge in [-0.05, 0) is 49.0 Å². The molecule has 0 saturated carbocycles. The van der Waals surface area contributed by atoms with E-state index in [1.807, 2.05) is 28.8 Å². The molecule has 0 fully saturated rings. The molecule has 20 heavy (non-hydrogen) atoms. The predicted octanol–water partition coefficient (Wildman–Crippen LogP) is 4.14. The summed E-state index contributed by atoms with van der Waals surface area (Å²) in [5, 5.41) is 0. The van der Waals surface area contributed by atoms with Gasteiger partial charge in [-0.1, -0.05) is 6.07 Å². The molecule has 1 N–H and O–H groups in total. The molecule has 5 heteroatoms. The molecule has 3 nitrogen and oxygen atoms in total. The van der Waals surface area contributed by atoms with Crippen molar-refractivity contribution in [3.63, 3.8) is 0 Å². The molecule has 1 aromatic heterocycles. The molecule has 0 bridgehead atoms. The Morgan fingerprint density at radius 2 is 2.00 bits per heavy atom. The number of halogens is 1. The monoisotopic (exact) mass is 288 g/mol. The van der Waals surface area contributed by atoms with E-state index in [0.717, 1.165) is 16.8 Å². The lowest BCUT2D eigenvalue weighted by Crippen LogP contribution is -1.96. The Labute approximate surface area is 120 Å². The highest BCUT2D eigenvalue weighted by Crippen LogP contribution is 2.24. The first-order valence-corrected chi connectivity index (χ1v) is 6.56. The highest BCUT2D eigenvalue weighted by Gasteiger charge is 2.09. The van der Waals surface area contributed by atoms with E-state index in [-0.39, 0.29) is 5.82 Å². The van der Waals surface area contributed by atoms with Gasteiger partial charge in [-0.25, -0.2) is 4.39 Å². The van der Waals surface area contributed by atoms with E-state index in [0.29, 0.717) is 16.0 Å². The van der Waals surface area contributed by atoms with Crippen molar-refractivity contribution in [2.45, 2.75) is 6.92 Å². The molecule has 1 heterocycles. The average Bonchev–Trinajstić information content (AvgIpc) is 2.76. The number of nitrogens with one attached hydrogen (secondary N) is 1. The maximum atomic E-state index is 13.7. The minimum Gasteiger partial charge on any atom is -0.497 e. The van der Waals surface area contributed by atoms with Gasteiger partial charge in [0.15, 0.2) is 4.77 Å². The number of nitrogens with zero attached hydrogens (tertiary/aromatic N) is 1. The second-order valence-corrected chi connectivity index (χ2v) is 4.97. The third-order valence-corrected chi connectivity index (χ3v) is 3.59. The first-order chi connectivity index (χ1) is 9.60. The van der Waals surface area contributed by atoms with Crippen LogP contribution in [0.25, 0.3) is 16.7 Å². The summed E-state index contributed by atoms with van der Waals surface area (Å²) in [5.74, 6) is 0.503. The molecule has 0 aliphatic carbocycles. The van der Waals surface area contributed by atoms with Gasteiger partial charge < -0.3 is 9.72 Å². The van der Waals surface area contributed by atoms with E-state index < -0.39 is 0 Å². The minimum absolute atomic E-state index is 0.243. The van der Waals surface area contributed by atoms with Crippen molar-refractivity contribution in [3.05, 3.63) is 52.5 Å². The number of aromatic amines is 1. The second-order valence-electron chi connectivity index (χ2n) is 4.58. The molecular weight excluding hydrogens is 275 g/mol. The number of rotatable bonds is 2. The lowest BCUT2D eigenvalue weighted by molar-refractivity contribution is 0.415. The first kappa shape index (κ1) is 12.9. The third-order valence-electron chi connectivity index (χ3n) is 3.30. The Morgan fingerprint density at radius 1 is 1.20 bits per heavy atom. The molecule has 2 aromatic carbocycles. The Bertz CT molecular complexity index is 851. The van der Waals surface area contributed by atoms with Gasteiger partial charge in [0.1, 0.15) is 11.6 Å². The van der Waals surface area contributed by atoms with Gasteiger partial charge in [-0.15, -0.1) is 0 Å². The van der Waals surface area contributed by atoms with Gasteiger partial charge in [0, 0.05) is 6.07 Å². The zero-order valence-corrected chi connectivity index (χ0v) is 11.9. The highest BCUT2D eigenvalue weighted by molar-refractivity contribution is 7.71. The smallest absolute Gasteiger partial charge is 0.182 e. The van der Waals surface area contributed by atoms with Gasteiger partial charge in [0.2, 0.25) is 0 Å². The number of benzene rings is 2. The molecule has 0 atom stereocenters. The fraction of sp³-hybridized carbons (Fsp3) is 0.133. The molecular formula is C15H13FN2OS. The Kier molecular flexibility index (Phi) is 3.06. The minimum atomic E-state index is -0.243. The van der Waals surface area contributed by atoms with Crippen LogP contribution in [0.15, 0.2) is 36.4 Å². The van der Waals surface area contributed by atoms with Gasteiger partial charge in [0.25, 0.3) is 0 Å². The Balaban J connectivity index is 2.27. The topological polar surface area (TPSA) is 29.9 Å². The number of imidazole rings is 1. The van der Waals surface area contributed by atoms with Crippen molar-refractivity contribution in [1.82, 2.24) is 9.55 Å².